The highest BCUT2D eigenvalue weighted by atomic mass is 15.2. The Morgan fingerprint density at radius 2 is 0.980 bits per heavy atom. The number of rotatable bonds is 4. The van der Waals surface area contributed by atoms with E-state index in [0.717, 1.165) is 83.6 Å². The molecule has 0 aliphatic rings. The van der Waals surface area contributed by atoms with E-state index in [-0.39, 0.29) is 0 Å². The Morgan fingerprint density at radius 1 is 0.380 bits per heavy atom. The molecule has 0 N–H and O–H groups in total. The Bertz CT molecular complexity index is 3030. The zero-order valence-corrected chi connectivity index (χ0v) is 26.7. The summed E-state index contributed by atoms with van der Waals surface area (Å²) >= 11 is 0. The monoisotopic (exact) mass is 641 g/mol. The van der Waals surface area contributed by atoms with Crippen LogP contribution in [0.5, 0.6) is 0 Å². The van der Waals surface area contributed by atoms with Gasteiger partial charge in [0.2, 0.25) is 11.7 Å². The maximum atomic E-state index is 5.24. The highest BCUT2D eigenvalue weighted by Crippen LogP contribution is 2.35. The Labute approximate surface area is 285 Å². The van der Waals surface area contributed by atoms with Crippen molar-refractivity contribution in [3.05, 3.63) is 164 Å². The number of para-hydroxylation sites is 5. The van der Waals surface area contributed by atoms with Gasteiger partial charge in [-0.15, -0.1) is 0 Å². The largest absolute Gasteiger partial charge is 0.293 e. The summed E-state index contributed by atoms with van der Waals surface area (Å²) in [6.45, 7) is 0. The number of imidazole rings is 3. The number of aromatic nitrogens is 7. The first-order valence-electron chi connectivity index (χ1n) is 16.7. The fraction of sp³-hybridized carbons (Fsp3) is 0. The lowest BCUT2D eigenvalue weighted by atomic mass is 10.1. The van der Waals surface area contributed by atoms with E-state index < -0.39 is 0 Å². The molecule has 6 aromatic carbocycles. The summed E-state index contributed by atoms with van der Waals surface area (Å²) in [7, 11) is 0. The van der Waals surface area contributed by atoms with Gasteiger partial charge in [-0.05, 0) is 60.7 Å². The molecular formula is C43H27N7. The SMILES string of the molecule is c1ccc(-c2cc(-c3ccccc3)nc(-n3c4ccc(-n5c6ccccc6n6c7ccccc7nc56)cc4n4c5ccccc5cc34)n2)cc1. The van der Waals surface area contributed by atoms with E-state index in [4.69, 9.17) is 15.0 Å². The second kappa shape index (κ2) is 10.3. The van der Waals surface area contributed by atoms with Crippen LogP contribution < -0.4 is 0 Å². The molecule has 0 fully saturated rings. The Morgan fingerprint density at radius 3 is 1.72 bits per heavy atom. The third-order valence-electron chi connectivity index (χ3n) is 9.78. The van der Waals surface area contributed by atoms with Crippen LogP contribution in [0.3, 0.4) is 0 Å². The van der Waals surface area contributed by atoms with E-state index >= 15 is 0 Å². The molecule has 0 amide bonds. The van der Waals surface area contributed by atoms with Crippen LogP contribution in [-0.2, 0) is 0 Å². The highest BCUT2D eigenvalue weighted by molar-refractivity contribution is 5.98. The summed E-state index contributed by atoms with van der Waals surface area (Å²) in [5.74, 6) is 1.50. The topological polar surface area (TPSA) is 57.3 Å². The zero-order valence-electron chi connectivity index (χ0n) is 26.7. The van der Waals surface area contributed by atoms with Crippen LogP contribution in [0.1, 0.15) is 0 Å². The molecule has 11 rings (SSSR count). The van der Waals surface area contributed by atoms with Gasteiger partial charge in [0, 0.05) is 16.5 Å². The number of hydrogen-bond donors (Lipinski definition) is 0. The lowest BCUT2D eigenvalue weighted by molar-refractivity contribution is 0.985. The predicted molar refractivity (Wildman–Crippen MR) is 201 cm³/mol. The van der Waals surface area contributed by atoms with Gasteiger partial charge in [-0.2, -0.15) is 0 Å². The van der Waals surface area contributed by atoms with Crippen LogP contribution in [-0.4, -0.2) is 32.9 Å². The first-order valence-corrected chi connectivity index (χ1v) is 16.7. The molecule has 7 heteroatoms. The third-order valence-corrected chi connectivity index (χ3v) is 9.78. The maximum absolute atomic E-state index is 5.24. The van der Waals surface area contributed by atoms with Gasteiger partial charge in [0.1, 0.15) is 5.65 Å². The van der Waals surface area contributed by atoms with Crippen molar-refractivity contribution in [1.29, 1.82) is 0 Å². The van der Waals surface area contributed by atoms with E-state index in [1.54, 1.807) is 0 Å². The second-order valence-electron chi connectivity index (χ2n) is 12.6. The summed E-state index contributed by atoms with van der Waals surface area (Å²) in [4.78, 5) is 15.6. The quantitative estimate of drug-likeness (QED) is 0.192. The summed E-state index contributed by atoms with van der Waals surface area (Å²) in [5.41, 5.74) is 13.3. The van der Waals surface area contributed by atoms with Gasteiger partial charge >= 0.3 is 0 Å². The van der Waals surface area contributed by atoms with Crippen molar-refractivity contribution in [2.75, 3.05) is 0 Å². The molecule has 0 aliphatic heterocycles. The second-order valence-corrected chi connectivity index (χ2v) is 12.6. The zero-order chi connectivity index (χ0) is 32.8. The molecule has 0 atom stereocenters. The number of benzene rings is 6. The first kappa shape index (κ1) is 27.0. The average molecular weight is 642 g/mol. The number of hydrogen-bond acceptors (Lipinski definition) is 3. The molecular weight excluding hydrogens is 615 g/mol. The third kappa shape index (κ3) is 3.82. The van der Waals surface area contributed by atoms with Gasteiger partial charge in [-0.1, -0.05) is 103 Å². The predicted octanol–water partition coefficient (Wildman–Crippen LogP) is 9.91. The van der Waals surface area contributed by atoms with Crippen molar-refractivity contribution in [1.82, 2.24) is 32.9 Å². The average Bonchev–Trinajstić information content (AvgIpc) is 3.91. The molecule has 0 saturated carbocycles. The van der Waals surface area contributed by atoms with E-state index in [2.05, 4.69) is 164 Å². The molecule has 0 aliphatic carbocycles. The van der Waals surface area contributed by atoms with Gasteiger partial charge in [-0.3, -0.25) is 17.9 Å². The molecule has 0 spiro atoms. The van der Waals surface area contributed by atoms with Crippen molar-refractivity contribution < 1.29 is 0 Å². The minimum absolute atomic E-state index is 0.620. The molecule has 0 unspecified atom stereocenters. The van der Waals surface area contributed by atoms with Crippen LogP contribution in [0, 0.1) is 0 Å². The molecule has 5 heterocycles. The van der Waals surface area contributed by atoms with E-state index in [1.165, 1.54) is 0 Å². The van der Waals surface area contributed by atoms with Gasteiger partial charge in [0.15, 0.2) is 0 Å². The Balaban J connectivity index is 1.23. The lowest BCUT2D eigenvalue weighted by Crippen LogP contribution is -2.04. The molecule has 0 bridgehead atoms. The molecule has 50 heavy (non-hydrogen) atoms. The number of nitrogens with zero attached hydrogens (tertiary/aromatic N) is 7. The minimum Gasteiger partial charge on any atom is -0.293 e. The van der Waals surface area contributed by atoms with Gasteiger partial charge < -0.3 is 0 Å². The molecule has 7 nitrogen and oxygen atoms in total. The van der Waals surface area contributed by atoms with Gasteiger partial charge in [0.05, 0.1) is 55.7 Å². The Kier molecular flexibility index (Phi) is 5.54. The van der Waals surface area contributed by atoms with Gasteiger partial charge in [-0.25, -0.2) is 15.0 Å². The van der Waals surface area contributed by atoms with Crippen LogP contribution >= 0.6 is 0 Å². The molecule has 0 radical (unpaired) electrons. The van der Waals surface area contributed by atoms with E-state index in [9.17, 15) is 0 Å². The smallest absolute Gasteiger partial charge is 0.237 e. The van der Waals surface area contributed by atoms with E-state index in [1.807, 2.05) is 18.2 Å². The van der Waals surface area contributed by atoms with E-state index in [0.29, 0.717) is 5.95 Å². The number of fused-ring (bicyclic) bond motifs is 10. The summed E-state index contributed by atoms with van der Waals surface area (Å²) in [6.07, 6.45) is 0. The summed E-state index contributed by atoms with van der Waals surface area (Å²) < 4.78 is 9.06. The molecule has 0 saturated heterocycles. The first-order chi connectivity index (χ1) is 24.8. The van der Waals surface area contributed by atoms with Gasteiger partial charge in [0.25, 0.3) is 0 Å². The van der Waals surface area contributed by atoms with Crippen LogP contribution in [0.4, 0.5) is 0 Å². The van der Waals surface area contributed by atoms with Crippen molar-refractivity contribution in [3.8, 4) is 34.2 Å². The fourth-order valence-electron chi connectivity index (χ4n) is 7.56. The minimum atomic E-state index is 0.620. The van der Waals surface area contributed by atoms with Crippen molar-refractivity contribution in [2.24, 2.45) is 0 Å². The fourth-order valence-corrected chi connectivity index (χ4v) is 7.56. The van der Waals surface area contributed by atoms with Crippen LogP contribution in [0.25, 0.3) is 89.6 Å². The van der Waals surface area contributed by atoms with Crippen molar-refractivity contribution in [3.63, 3.8) is 0 Å². The standard InChI is InChI=1S/C43H27N7/c1-3-13-28(14-4-1)33-27-34(29-15-5-2-6-16-29)45-42(44-33)50-39-24-23-31(26-40(39)48-35-19-9-7-17-30(35)25-41(48)50)47-37-21-11-12-22-38(37)49-36-20-10-8-18-32(36)46-43(47)49/h1-27H. The van der Waals surface area contributed by atoms with Crippen molar-refractivity contribution >= 4 is 55.4 Å². The summed E-state index contributed by atoms with van der Waals surface area (Å²) in [5, 5.41) is 1.15. The van der Waals surface area contributed by atoms with Crippen molar-refractivity contribution in [2.45, 2.75) is 0 Å². The maximum Gasteiger partial charge on any atom is 0.237 e. The Hall–Kier alpha value is -6.99. The summed E-state index contributed by atoms with van der Waals surface area (Å²) in [6, 6.07) is 57.0. The molecule has 5 aromatic heterocycles. The van der Waals surface area contributed by atoms with Crippen LogP contribution in [0.15, 0.2) is 164 Å². The highest BCUT2D eigenvalue weighted by Gasteiger charge is 2.22. The van der Waals surface area contributed by atoms with Crippen LogP contribution in [0.2, 0.25) is 0 Å². The lowest BCUT2D eigenvalue weighted by Gasteiger charge is -2.11. The molecule has 11 aromatic rings. The molecule has 234 valence electrons. The normalized spacial score (nSPS) is 12.0.